The van der Waals surface area contributed by atoms with Crippen molar-refractivity contribution in [3.05, 3.63) is 35.4 Å². The van der Waals surface area contributed by atoms with Gasteiger partial charge in [-0.3, -0.25) is 0 Å². The average molecular weight is 205 g/mol. The molecule has 1 aromatic rings. The summed E-state index contributed by atoms with van der Waals surface area (Å²) in [7, 11) is 0. The van der Waals surface area contributed by atoms with Crippen molar-refractivity contribution < 1.29 is 9.90 Å². The molecule has 80 valence electrons. The molecule has 2 N–H and O–H groups in total. The second-order valence-corrected chi connectivity index (χ2v) is 3.97. The molecule has 2 rings (SSSR count). The number of hydrogen-bond acceptors (Lipinski definition) is 2. The lowest BCUT2D eigenvalue weighted by atomic mass is 9.93. The Morgan fingerprint density at radius 1 is 1.40 bits per heavy atom. The Kier molecular flexibility index (Phi) is 3.02. The molecule has 15 heavy (non-hydrogen) atoms. The third-order valence-electron chi connectivity index (χ3n) is 2.93. The summed E-state index contributed by atoms with van der Waals surface area (Å²) in [6.07, 6.45) is 3.72. The van der Waals surface area contributed by atoms with E-state index >= 15 is 0 Å². The van der Waals surface area contributed by atoms with Crippen molar-refractivity contribution in [1.29, 1.82) is 0 Å². The summed E-state index contributed by atoms with van der Waals surface area (Å²) in [4.78, 5) is 10.9. The van der Waals surface area contributed by atoms with Crippen LogP contribution in [0.5, 0.6) is 0 Å². The van der Waals surface area contributed by atoms with Gasteiger partial charge in [0.25, 0.3) is 0 Å². The summed E-state index contributed by atoms with van der Waals surface area (Å²) in [6.45, 7) is 0.660. The van der Waals surface area contributed by atoms with Gasteiger partial charge in [0.1, 0.15) is 0 Å². The molecule has 0 amide bonds. The zero-order chi connectivity index (χ0) is 10.7. The van der Waals surface area contributed by atoms with E-state index in [0.717, 1.165) is 5.56 Å². The Hall–Kier alpha value is -1.35. The highest BCUT2D eigenvalue weighted by Gasteiger charge is 2.17. The van der Waals surface area contributed by atoms with Crippen molar-refractivity contribution in [3.8, 4) is 0 Å². The SMILES string of the molecule is O=C(O)c1ccccc1CNC1CCC1. The summed E-state index contributed by atoms with van der Waals surface area (Å²) in [6, 6.07) is 7.75. The lowest BCUT2D eigenvalue weighted by Gasteiger charge is -2.26. The molecule has 0 spiro atoms. The number of rotatable bonds is 4. The standard InChI is InChI=1S/C12H15NO2/c14-12(15)11-7-2-1-4-9(11)8-13-10-5-3-6-10/h1-2,4,7,10,13H,3,5-6,8H2,(H,14,15). The number of aromatic carboxylic acids is 1. The second kappa shape index (κ2) is 4.45. The molecule has 1 aliphatic rings. The molecule has 0 aliphatic heterocycles. The fourth-order valence-corrected chi connectivity index (χ4v) is 1.75. The molecule has 0 saturated heterocycles. The third kappa shape index (κ3) is 2.36. The quantitative estimate of drug-likeness (QED) is 0.790. The highest BCUT2D eigenvalue weighted by molar-refractivity contribution is 5.89. The monoisotopic (exact) mass is 205 g/mol. The van der Waals surface area contributed by atoms with Gasteiger partial charge in [-0.15, -0.1) is 0 Å². The molecule has 1 saturated carbocycles. The van der Waals surface area contributed by atoms with E-state index in [1.807, 2.05) is 12.1 Å². The Morgan fingerprint density at radius 2 is 2.13 bits per heavy atom. The first-order chi connectivity index (χ1) is 7.27. The number of nitrogens with one attached hydrogen (secondary N) is 1. The lowest BCUT2D eigenvalue weighted by Crippen LogP contribution is -2.34. The van der Waals surface area contributed by atoms with Crippen LogP contribution in [0.1, 0.15) is 35.2 Å². The van der Waals surface area contributed by atoms with Crippen molar-refractivity contribution >= 4 is 5.97 Å². The minimum Gasteiger partial charge on any atom is -0.478 e. The summed E-state index contributed by atoms with van der Waals surface area (Å²) in [5.41, 5.74) is 1.28. The first-order valence-electron chi connectivity index (χ1n) is 5.32. The number of carboxylic acids is 1. The zero-order valence-corrected chi connectivity index (χ0v) is 8.57. The fraction of sp³-hybridized carbons (Fsp3) is 0.417. The van der Waals surface area contributed by atoms with Crippen molar-refractivity contribution in [3.63, 3.8) is 0 Å². The number of carboxylic acid groups (broad SMARTS) is 1. The predicted molar refractivity (Wildman–Crippen MR) is 57.9 cm³/mol. The molecule has 0 unspecified atom stereocenters. The first-order valence-corrected chi connectivity index (χ1v) is 5.32. The van der Waals surface area contributed by atoms with Crippen LogP contribution >= 0.6 is 0 Å². The highest BCUT2D eigenvalue weighted by atomic mass is 16.4. The van der Waals surface area contributed by atoms with Gasteiger partial charge in [0.15, 0.2) is 0 Å². The minimum absolute atomic E-state index is 0.407. The van der Waals surface area contributed by atoms with Crippen molar-refractivity contribution in [2.24, 2.45) is 0 Å². The summed E-state index contributed by atoms with van der Waals surface area (Å²) < 4.78 is 0. The molecule has 1 fully saturated rings. The number of carbonyl (C=O) groups is 1. The Bertz CT molecular complexity index is 358. The van der Waals surface area contributed by atoms with Gasteiger partial charge in [-0.05, 0) is 24.5 Å². The molecule has 0 bridgehead atoms. The number of hydrogen-bond donors (Lipinski definition) is 2. The maximum Gasteiger partial charge on any atom is 0.336 e. The third-order valence-corrected chi connectivity index (χ3v) is 2.93. The second-order valence-electron chi connectivity index (χ2n) is 3.97. The molecular formula is C12H15NO2. The highest BCUT2D eigenvalue weighted by Crippen LogP contribution is 2.19. The fourth-order valence-electron chi connectivity index (χ4n) is 1.75. The maximum absolute atomic E-state index is 10.9. The molecule has 0 aromatic heterocycles. The lowest BCUT2D eigenvalue weighted by molar-refractivity contribution is 0.0695. The molecule has 0 radical (unpaired) electrons. The van der Waals surface area contributed by atoms with Crippen LogP contribution in [0.2, 0.25) is 0 Å². The summed E-state index contributed by atoms with van der Waals surface area (Å²) in [5.74, 6) is -0.846. The van der Waals surface area contributed by atoms with Gasteiger partial charge >= 0.3 is 5.97 Å². The van der Waals surface area contributed by atoms with Crippen molar-refractivity contribution in [2.45, 2.75) is 31.8 Å². The molecule has 3 nitrogen and oxygen atoms in total. The largest absolute Gasteiger partial charge is 0.478 e. The molecule has 1 aromatic carbocycles. The summed E-state index contributed by atoms with van der Waals surface area (Å²) in [5, 5.41) is 12.3. The van der Waals surface area contributed by atoms with E-state index in [0.29, 0.717) is 18.2 Å². The van der Waals surface area contributed by atoms with Gasteiger partial charge in [-0.25, -0.2) is 4.79 Å². The van der Waals surface area contributed by atoms with Gasteiger partial charge in [0.05, 0.1) is 5.56 Å². The molecule has 0 atom stereocenters. The first kappa shape index (κ1) is 10.2. The van der Waals surface area contributed by atoms with Crippen molar-refractivity contribution in [2.75, 3.05) is 0 Å². The average Bonchev–Trinajstić information content (AvgIpc) is 2.16. The van der Waals surface area contributed by atoms with E-state index in [9.17, 15) is 4.79 Å². The topological polar surface area (TPSA) is 49.3 Å². The van der Waals surface area contributed by atoms with Gasteiger partial charge < -0.3 is 10.4 Å². The normalized spacial score (nSPS) is 16.0. The zero-order valence-electron chi connectivity index (χ0n) is 8.57. The summed E-state index contributed by atoms with van der Waals surface area (Å²) >= 11 is 0. The Balaban J connectivity index is 2.02. The van der Waals surface area contributed by atoms with E-state index in [1.54, 1.807) is 12.1 Å². The van der Waals surface area contributed by atoms with Crippen LogP contribution in [-0.4, -0.2) is 17.1 Å². The van der Waals surface area contributed by atoms with E-state index in [-0.39, 0.29) is 0 Å². The number of benzene rings is 1. The van der Waals surface area contributed by atoms with Crippen LogP contribution in [0.3, 0.4) is 0 Å². The van der Waals surface area contributed by atoms with Crippen LogP contribution in [0.25, 0.3) is 0 Å². The minimum atomic E-state index is -0.846. The van der Waals surface area contributed by atoms with E-state index < -0.39 is 5.97 Å². The van der Waals surface area contributed by atoms with Gasteiger partial charge in [-0.1, -0.05) is 24.6 Å². The predicted octanol–water partition coefficient (Wildman–Crippen LogP) is 2.03. The van der Waals surface area contributed by atoms with Gasteiger partial charge in [0, 0.05) is 12.6 Å². The van der Waals surface area contributed by atoms with Crippen molar-refractivity contribution in [1.82, 2.24) is 5.32 Å². The molecular weight excluding hydrogens is 190 g/mol. The van der Waals surface area contributed by atoms with Crippen LogP contribution in [-0.2, 0) is 6.54 Å². The van der Waals surface area contributed by atoms with Crippen LogP contribution < -0.4 is 5.32 Å². The molecule has 3 heteroatoms. The van der Waals surface area contributed by atoms with Crippen LogP contribution in [0.4, 0.5) is 0 Å². The van der Waals surface area contributed by atoms with Gasteiger partial charge in [0.2, 0.25) is 0 Å². The Morgan fingerprint density at radius 3 is 2.73 bits per heavy atom. The van der Waals surface area contributed by atoms with E-state index in [1.165, 1.54) is 19.3 Å². The van der Waals surface area contributed by atoms with E-state index in [4.69, 9.17) is 5.11 Å². The van der Waals surface area contributed by atoms with Crippen LogP contribution in [0.15, 0.2) is 24.3 Å². The van der Waals surface area contributed by atoms with E-state index in [2.05, 4.69) is 5.32 Å². The maximum atomic E-state index is 10.9. The van der Waals surface area contributed by atoms with Crippen LogP contribution in [0, 0.1) is 0 Å². The Labute approximate surface area is 89.1 Å². The molecule has 1 aliphatic carbocycles. The van der Waals surface area contributed by atoms with Gasteiger partial charge in [-0.2, -0.15) is 0 Å². The smallest absolute Gasteiger partial charge is 0.336 e. The molecule has 0 heterocycles.